The Labute approximate surface area is 125 Å². The number of rotatable bonds is 4. The number of hydrogen-bond donors (Lipinski definition) is 2. The van der Waals surface area contributed by atoms with Gasteiger partial charge in [0.05, 0.1) is 0 Å². The van der Waals surface area contributed by atoms with Crippen LogP contribution in [0.2, 0.25) is 0 Å². The van der Waals surface area contributed by atoms with Crippen LogP contribution >= 0.6 is 0 Å². The largest absolute Gasteiger partial charge is 0.409 e. The van der Waals surface area contributed by atoms with E-state index in [0.717, 1.165) is 25.8 Å². The highest BCUT2D eigenvalue weighted by molar-refractivity contribution is 5.84. The van der Waals surface area contributed by atoms with Crippen molar-refractivity contribution in [3.63, 3.8) is 0 Å². The molecule has 0 saturated carbocycles. The maximum atomic E-state index is 12.3. The smallest absolute Gasteiger partial charge is 0.222 e. The first-order chi connectivity index (χ1) is 10.1. The Hall–Kier alpha value is -2.04. The predicted octanol–water partition coefficient (Wildman–Crippen LogP) is 1.91. The summed E-state index contributed by atoms with van der Waals surface area (Å²) in [6.07, 6.45) is 3.03. The number of amides is 1. The van der Waals surface area contributed by atoms with Crippen molar-refractivity contribution in [1.82, 2.24) is 4.90 Å². The third-order valence-electron chi connectivity index (χ3n) is 4.02. The van der Waals surface area contributed by atoms with E-state index in [4.69, 9.17) is 10.9 Å². The average molecular weight is 289 g/mol. The molecule has 1 amide bonds. The second-order valence-corrected chi connectivity index (χ2v) is 5.69. The first-order valence-corrected chi connectivity index (χ1v) is 7.41. The minimum absolute atomic E-state index is 0.0216. The summed E-state index contributed by atoms with van der Waals surface area (Å²) in [5.41, 5.74) is 8.05. The van der Waals surface area contributed by atoms with E-state index in [-0.39, 0.29) is 17.7 Å². The quantitative estimate of drug-likeness (QED) is 0.384. The van der Waals surface area contributed by atoms with Crippen LogP contribution in [0.1, 0.15) is 30.4 Å². The molecule has 0 aromatic heterocycles. The minimum Gasteiger partial charge on any atom is -0.409 e. The third kappa shape index (κ3) is 4.21. The zero-order chi connectivity index (χ0) is 15.2. The van der Waals surface area contributed by atoms with Gasteiger partial charge in [0.2, 0.25) is 5.91 Å². The topological polar surface area (TPSA) is 78.9 Å². The van der Waals surface area contributed by atoms with Gasteiger partial charge in [-0.15, -0.1) is 0 Å². The normalized spacial score (nSPS) is 19.6. The number of nitrogens with two attached hydrogens (primary N) is 1. The number of likely N-dealkylation sites (tertiary alicyclic amines) is 1. The molecule has 21 heavy (non-hydrogen) atoms. The molecule has 114 valence electrons. The molecule has 1 aromatic carbocycles. The molecule has 1 fully saturated rings. The fraction of sp³-hybridized carbons (Fsp3) is 0.500. The number of piperidine rings is 1. The fourth-order valence-corrected chi connectivity index (χ4v) is 2.80. The number of nitrogens with zero attached hydrogens (tertiary/aromatic N) is 2. The van der Waals surface area contributed by atoms with Gasteiger partial charge in [-0.3, -0.25) is 4.79 Å². The van der Waals surface area contributed by atoms with Crippen LogP contribution in [0, 0.1) is 12.8 Å². The molecule has 1 saturated heterocycles. The van der Waals surface area contributed by atoms with E-state index in [1.54, 1.807) is 0 Å². The number of carbonyl (C=O) groups excluding carboxylic acids is 1. The third-order valence-corrected chi connectivity index (χ3v) is 4.02. The molecule has 0 aliphatic carbocycles. The lowest BCUT2D eigenvalue weighted by molar-refractivity contribution is -0.132. The highest BCUT2D eigenvalue weighted by Crippen LogP contribution is 2.18. The van der Waals surface area contributed by atoms with Crippen LogP contribution in [-0.2, 0) is 11.2 Å². The number of hydrogen-bond acceptors (Lipinski definition) is 3. The number of amidine groups is 1. The number of oxime groups is 1. The van der Waals surface area contributed by atoms with Crippen LogP contribution in [0.25, 0.3) is 0 Å². The van der Waals surface area contributed by atoms with Gasteiger partial charge in [0, 0.05) is 25.4 Å². The summed E-state index contributed by atoms with van der Waals surface area (Å²) >= 11 is 0. The van der Waals surface area contributed by atoms with Crippen molar-refractivity contribution >= 4 is 11.7 Å². The Morgan fingerprint density at radius 2 is 2.33 bits per heavy atom. The van der Waals surface area contributed by atoms with E-state index in [1.165, 1.54) is 11.1 Å². The predicted molar refractivity (Wildman–Crippen MR) is 82.2 cm³/mol. The van der Waals surface area contributed by atoms with Crippen LogP contribution < -0.4 is 5.73 Å². The van der Waals surface area contributed by atoms with Gasteiger partial charge in [-0.2, -0.15) is 0 Å². The Bertz CT molecular complexity index is 528. The summed E-state index contributed by atoms with van der Waals surface area (Å²) in [5.74, 6) is 0.352. The summed E-state index contributed by atoms with van der Waals surface area (Å²) < 4.78 is 0. The molecule has 0 spiro atoms. The highest BCUT2D eigenvalue weighted by Gasteiger charge is 2.25. The number of benzene rings is 1. The molecule has 1 atom stereocenters. The van der Waals surface area contributed by atoms with Gasteiger partial charge in [-0.1, -0.05) is 35.0 Å². The first-order valence-electron chi connectivity index (χ1n) is 7.41. The van der Waals surface area contributed by atoms with Crippen molar-refractivity contribution in [3.8, 4) is 0 Å². The molecule has 0 bridgehead atoms. The Balaban J connectivity index is 1.88. The monoisotopic (exact) mass is 289 g/mol. The van der Waals surface area contributed by atoms with Gasteiger partial charge in [0.15, 0.2) is 0 Å². The molecule has 5 nitrogen and oxygen atoms in total. The van der Waals surface area contributed by atoms with Crippen molar-refractivity contribution in [2.24, 2.45) is 16.8 Å². The summed E-state index contributed by atoms with van der Waals surface area (Å²) in [6, 6.07) is 8.24. The SMILES string of the molecule is Cc1cccc(CCC(=O)N2CCCC(C(N)=NO)C2)c1. The summed E-state index contributed by atoms with van der Waals surface area (Å²) in [5, 5.41) is 11.8. The van der Waals surface area contributed by atoms with Crippen molar-refractivity contribution < 1.29 is 10.0 Å². The number of carbonyl (C=O) groups is 1. The molecule has 0 radical (unpaired) electrons. The van der Waals surface area contributed by atoms with Crippen LogP contribution in [0.4, 0.5) is 0 Å². The van der Waals surface area contributed by atoms with Crippen molar-refractivity contribution in [2.45, 2.75) is 32.6 Å². The van der Waals surface area contributed by atoms with Gasteiger partial charge < -0.3 is 15.8 Å². The molecule has 1 aromatic rings. The molecule has 2 rings (SSSR count). The van der Waals surface area contributed by atoms with E-state index >= 15 is 0 Å². The molecular formula is C16H23N3O2. The molecular weight excluding hydrogens is 266 g/mol. The molecule has 1 aliphatic heterocycles. The Morgan fingerprint density at radius 1 is 1.52 bits per heavy atom. The van der Waals surface area contributed by atoms with E-state index in [9.17, 15) is 4.79 Å². The van der Waals surface area contributed by atoms with Crippen molar-refractivity contribution in [3.05, 3.63) is 35.4 Å². The lowest BCUT2D eigenvalue weighted by Crippen LogP contribution is -2.44. The van der Waals surface area contributed by atoms with E-state index < -0.39 is 0 Å². The first kappa shape index (κ1) is 15.4. The maximum Gasteiger partial charge on any atom is 0.222 e. The molecule has 3 N–H and O–H groups in total. The fourth-order valence-electron chi connectivity index (χ4n) is 2.80. The van der Waals surface area contributed by atoms with Crippen LogP contribution in [-0.4, -0.2) is 34.9 Å². The maximum absolute atomic E-state index is 12.3. The number of aryl methyl sites for hydroxylation is 2. The van der Waals surface area contributed by atoms with Gasteiger partial charge in [0.1, 0.15) is 5.84 Å². The van der Waals surface area contributed by atoms with Gasteiger partial charge in [0.25, 0.3) is 0 Å². The standard InChI is InChI=1S/C16H23N3O2/c1-12-4-2-5-13(10-12)7-8-15(20)19-9-3-6-14(11-19)16(17)18-21/h2,4-5,10,14,21H,3,6-9,11H2,1H3,(H2,17,18). The van der Waals surface area contributed by atoms with Gasteiger partial charge in [-0.05, 0) is 31.7 Å². The summed E-state index contributed by atoms with van der Waals surface area (Å²) in [7, 11) is 0. The second kappa shape index (κ2) is 7.11. The Kier molecular flexibility index (Phi) is 5.20. The zero-order valence-electron chi connectivity index (χ0n) is 12.5. The van der Waals surface area contributed by atoms with E-state index in [1.807, 2.05) is 11.0 Å². The molecule has 1 heterocycles. The van der Waals surface area contributed by atoms with E-state index in [2.05, 4.69) is 30.3 Å². The minimum atomic E-state index is -0.0216. The van der Waals surface area contributed by atoms with Crippen LogP contribution in [0.5, 0.6) is 0 Å². The zero-order valence-corrected chi connectivity index (χ0v) is 12.5. The Morgan fingerprint density at radius 3 is 3.05 bits per heavy atom. The summed E-state index contributed by atoms with van der Waals surface area (Å²) in [4.78, 5) is 14.1. The average Bonchev–Trinajstić information content (AvgIpc) is 2.52. The van der Waals surface area contributed by atoms with Gasteiger partial charge in [-0.25, -0.2) is 0 Å². The van der Waals surface area contributed by atoms with Crippen LogP contribution in [0.15, 0.2) is 29.4 Å². The highest BCUT2D eigenvalue weighted by atomic mass is 16.4. The molecule has 5 heteroatoms. The molecule has 1 aliphatic rings. The van der Waals surface area contributed by atoms with Crippen LogP contribution in [0.3, 0.4) is 0 Å². The summed E-state index contributed by atoms with van der Waals surface area (Å²) in [6.45, 7) is 3.38. The lowest BCUT2D eigenvalue weighted by Gasteiger charge is -2.32. The molecule has 1 unspecified atom stereocenters. The van der Waals surface area contributed by atoms with E-state index in [0.29, 0.717) is 13.0 Å². The van der Waals surface area contributed by atoms with Crippen molar-refractivity contribution in [2.75, 3.05) is 13.1 Å². The second-order valence-electron chi connectivity index (χ2n) is 5.69. The van der Waals surface area contributed by atoms with Crippen molar-refractivity contribution in [1.29, 1.82) is 0 Å². The van der Waals surface area contributed by atoms with Gasteiger partial charge >= 0.3 is 0 Å². The lowest BCUT2D eigenvalue weighted by atomic mass is 9.96.